The van der Waals surface area contributed by atoms with Gasteiger partial charge in [-0.1, -0.05) is 0 Å². The monoisotopic (exact) mass is 258 g/mol. The molecule has 3 N–H and O–H groups in total. The summed E-state index contributed by atoms with van der Waals surface area (Å²) < 4.78 is 0. The highest BCUT2D eigenvalue weighted by molar-refractivity contribution is 7.07. The van der Waals surface area contributed by atoms with Crippen LogP contribution in [0.5, 0.6) is 0 Å². The van der Waals surface area contributed by atoms with Crippen LogP contribution in [0.15, 0.2) is 10.9 Å². The van der Waals surface area contributed by atoms with Gasteiger partial charge in [-0.15, -0.1) is 11.3 Å². The van der Waals surface area contributed by atoms with Crippen molar-refractivity contribution in [1.29, 1.82) is 0 Å². The molecule has 17 heavy (non-hydrogen) atoms. The maximum absolute atomic E-state index is 11.3. The van der Waals surface area contributed by atoms with E-state index in [0.717, 1.165) is 0 Å². The van der Waals surface area contributed by atoms with Crippen LogP contribution >= 0.6 is 11.3 Å². The fraction of sp³-hybridized carbons (Fsp3) is 0.333. The van der Waals surface area contributed by atoms with Crippen molar-refractivity contribution >= 4 is 29.2 Å². The first kappa shape index (κ1) is 13.1. The molecule has 1 rings (SSSR count). The van der Waals surface area contributed by atoms with Crippen LogP contribution in [0.4, 0.5) is 0 Å². The zero-order chi connectivity index (χ0) is 12.8. The highest BCUT2D eigenvalue weighted by Crippen LogP contribution is 2.03. The number of rotatable bonds is 6. The Bertz CT molecular complexity index is 403. The first-order valence-corrected chi connectivity index (χ1v) is 5.57. The number of hydrogen-bond donors (Lipinski definition) is 3. The van der Waals surface area contributed by atoms with Crippen LogP contribution in [0.3, 0.4) is 0 Å². The standard InChI is InChI=1S/C9H10N2O5S/c12-6(2-1-5-3-17-4-10-5)11-7(8(13)14)9(15)16/h3-4,7H,1-2H2,(H,11,12)(H,13,14)(H,15,16). The Morgan fingerprint density at radius 3 is 2.47 bits per heavy atom. The number of carbonyl (C=O) groups excluding carboxylic acids is 1. The number of carboxylic acid groups (broad SMARTS) is 2. The molecule has 0 radical (unpaired) electrons. The zero-order valence-electron chi connectivity index (χ0n) is 8.62. The third kappa shape index (κ3) is 4.19. The van der Waals surface area contributed by atoms with Gasteiger partial charge in [0.1, 0.15) is 0 Å². The molecule has 0 atom stereocenters. The van der Waals surface area contributed by atoms with Crippen molar-refractivity contribution in [2.75, 3.05) is 0 Å². The highest BCUT2D eigenvalue weighted by Gasteiger charge is 2.27. The van der Waals surface area contributed by atoms with Gasteiger partial charge in [0, 0.05) is 11.8 Å². The van der Waals surface area contributed by atoms with Gasteiger partial charge in [-0.05, 0) is 6.42 Å². The Hall–Kier alpha value is -1.96. The van der Waals surface area contributed by atoms with Crippen LogP contribution in [0.2, 0.25) is 0 Å². The molecule has 1 aromatic heterocycles. The largest absolute Gasteiger partial charge is 0.479 e. The van der Waals surface area contributed by atoms with Crippen LogP contribution in [0, 0.1) is 0 Å². The molecule has 1 aromatic rings. The van der Waals surface area contributed by atoms with Gasteiger partial charge in [0.25, 0.3) is 0 Å². The summed E-state index contributed by atoms with van der Waals surface area (Å²) in [5.41, 5.74) is 2.33. The van der Waals surface area contributed by atoms with E-state index in [-0.39, 0.29) is 6.42 Å². The van der Waals surface area contributed by atoms with Crippen LogP contribution < -0.4 is 5.32 Å². The minimum absolute atomic E-state index is 0.000787. The lowest BCUT2D eigenvalue weighted by atomic mass is 10.2. The van der Waals surface area contributed by atoms with Gasteiger partial charge in [-0.25, -0.2) is 14.6 Å². The lowest BCUT2D eigenvalue weighted by Crippen LogP contribution is -2.46. The second-order valence-electron chi connectivity index (χ2n) is 3.16. The molecular formula is C9H10N2O5S. The van der Waals surface area contributed by atoms with Crippen molar-refractivity contribution in [3.8, 4) is 0 Å². The van der Waals surface area contributed by atoms with Gasteiger partial charge in [-0.3, -0.25) is 4.79 Å². The summed E-state index contributed by atoms with van der Waals surface area (Å²) >= 11 is 1.38. The third-order valence-corrected chi connectivity index (χ3v) is 2.53. The second kappa shape index (κ2) is 5.94. The maximum Gasteiger partial charge on any atom is 0.338 e. The SMILES string of the molecule is O=C(CCc1cscn1)NC(C(=O)O)C(=O)O. The zero-order valence-corrected chi connectivity index (χ0v) is 9.44. The number of thiazole rings is 1. The van der Waals surface area contributed by atoms with Crippen molar-refractivity contribution in [1.82, 2.24) is 10.3 Å². The molecule has 0 saturated heterocycles. The number of carbonyl (C=O) groups is 3. The van der Waals surface area contributed by atoms with Crippen LogP contribution in [0.1, 0.15) is 12.1 Å². The van der Waals surface area contributed by atoms with E-state index in [0.29, 0.717) is 12.1 Å². The van der Waals surface area contributed by atoms with Gasteiger partial charge in [0.15, 0.2) is 0 Å². The minimum Gasteiger partial charge on any atom is -0.479 e. The van der Waals surface area contributed by atoms with Crippen molar-refractivity contribution in [2.45, 2.75) is 18.9 Å². The number of nitrogens with one attached hydrogen (secondary N) is 1. The number of hydrogen-bond acceptors (Lipinski definition) is 5. The van der Waals surface area contributed by atoms with E-state index < -0.39 is 23.9 Å². The van der Waals surface area contributed by atoms with Crippen molar-refractivity contribution in [3.05, 3.63) is 16.6 Å². The summed E-state index contributed by atoms with van der Waals surface area (Å²) in [5.74, 6) is -3.83. The van der Waals surface area contributed by atoms with Gasteiger partial charge in [-0.2, -0.15) is 0 Å². The summed E-state index contributed by atoms with van der Waals surface area (Å²) in [5, 5.41) is 20.8. The van der Waals surface area contributed by atoms with E-state index in [9.17, 15) is 14.4 Å². The van der Waals surface area contributed by atoms with Gasteiger partial charge in [0.05, 0.1) is 11.2 Å². The fourth-order valence-electron chi connectivity index (χ4n) is 1.06. The predicted octanol–water partition coefficient (Wildman–Crippen LogP) is -0.270. The molecule has 0 aliphatic carbocycles. The normalized spacial score (nSPS) is 10.2. The molecule has 0 bridgehead atoms. The number of aromatic nitrogens is 1. The summed E-state index contributed by atoms with van der Waals surface area (Å²) in [4.78, 5) is 36.2. The number of aryl methyl sites for hydroxylation is 1. The molecule has 1 amide bonds. The van der Waals surface area contributed by atoms with Gasteiger partial charge >= 0.3 is 11.9 Å². The molecular weight excluding hydrogens is 248 g/mol. The highest BCUT2D eigenvalue weighted by atomic mass is 32.1. The van der Waals surface area contributed by atoms with E-state index in [1.807, 2.05) is 5.32 Å². The molecule has 92 valence electrons. The lowest BCUT2D eigenvalue weighted by molar-refractivity contribution is -0.153. The molecule has 0 aromatic carbocycles. The Morgan fingerprint density at radius 2 is 2.00 bits per heavy atom. The lowest BCUT2D eigenvalue weighted by Gasteiger charge is -2.09. The van der Waals surface area contributed by atoms with Crippen molar-refractivity contribution in [3.63, 3.8) is 0 Å². The van der Waals surface area contributed by atoms with E-state index in [4.69, 9.17) is 10.2 Å². The van der Waals surface area contributed by atoms with E-state index >= 15 is 0 Å². The fourth-order valence-corrected chi connectivity index (χ4v) is 1.66. The number of nitrogens with zero attached hydrogens (tertiary/aromatic N) is 1. The quantitative estimate of drug-likeness (QED) is 0.605. The van der Waals surface area contributed by atoms with E-state index in [2.05, 4.69) is 4.98 Å². The second-order valence-corrected chi connectivity index (χ2v) is 3.88. The minimum atomic E-state index is -1.90. The number of aliphatic carboxylic acids is 2. The van der Waals surface area contributed by atoms with Gasteiger partial charge in [0.2, 0.25) is 11.9 Å². The summed E-state index contributed by atoms with van der Waals surface area (Å²) in [6, 6.07) is -1.90. The molecule has 1 heterocycles. The van der Waals surface area contributed by atoms with Crippen molar-refractivity contribution < 1.29 is 24.6 Å². The van der Waals surface area contributed by atoms with Crippen LogP contribution in [-0.2, 0) is 20.8 Å². The molecule has 0 fully saturated rings. The summed E-state index contributed by atoms with van der Waals surface area (Å²) in [6.45, 7) is 0. The number of carboxylic acids is 2. The molecule has 0 saturated carbocycles. The number of amides is 1. The summed E-state index contributed by atoms with van der Waals surface area (Å²) in [6.07, 6.45) is 0.349. The molecule has 0 spiro atoms. The molecule has 0 aliphatic heterocycles. The topological polar surface area (TPSA) is 117 Å². The molecule has 8 heteroatoms. The van der Waals surface area contributed by atoms with E-state index in [1.54, 1.807) is 10.9 Å². The van der Waals surface area contributed by atoms with Gasteiger partial charge < -0.3 is 15.5 Å². The van der Waals surface area contributed by atoms with E-state index in [1.165, 1.54) is 11.3 Å². The van der Waals surface area contributed by atoms with Crippen molar-refractivity contribution in [2.24, 2.45) is 0 Å². The first-order valence-electron chi connectivity index (χ1n) is 4.62. The Kier molecular flexibility index (Phi) is 4.58. The van der Waals surface area contributed by atoms with Crippen LogP contribution in [0.25, 0.3) is 0 Å². The molecule has 0 aliphatic rings. The first-order chi connectivity index (χ1) is 8.00. The summed E-state index contributed by atoms with van der Waals surface area (Å²) in [7, 11) is 0. The maximum atomic E-state index is 11.3. The molecule has 0 unspecified atom stereocenters. The Labute approximate surface area is 100 Å². The Morgan fingerprint density at radius 1 is 1.35 bits per heavy atom. The smallest absolute Gasteiger partial charge is 0.338 e. The average molecular weight is 258 g/mol. The third-order valence-electron chi connectivity index (χ3n) is 1.89. The molecule has 7 nitrogen and oxygen atoms in total. The van der Waals surface area contributed by atoms with Crippen LogP contribution in [-0.4, -0.2) is 39.1 Å². The predicted molar refractivity (Wildman–Crippen MR) is 57.6 cm³/mol. The Balaban J connectivity index is 2.43. The average Bonchev–Trinajstić information content (AvgIpc) is 2.74.